The third kappa shape index (κ3) is 5.53. The molecule has 0 heteroatoms. The van der Waals surface area contributed by atoms with Gasteiger partial charge in [-0.15, -0.1) is 0 Å². The molecule has 1 rings (SSSR count). The van der Waals surface area contributed by atoms with Gasteiger partial charge in [0, 0.05) is 6.42 Å². The summed E-state index contributed by atoms with van der Waals surface area (Å²) in [6, 6.07) is 0. The van der Waals surface area contributed by atoms with Crippen molar-refractivity contribution in [2.45, 2.75) is 71.6 Å². The maximum Gasteiger partial charge on any atom is 0.0164 e. The summed E-state index contributed by atoms with van der Waals surface area (Å²) < 4.78 is 0. The molecule has 16 heavy (non-hydrogen) atoms. The summed E-state index contributed by atoms with van der Waals surface area (Å²) in [5.74, 6) is 0. The van der Waals surface area contributed by atoms with Gasteiger partial charge in [-0.05, 0) is 38.2 Å². The number of hydrogen-bond donors (Lipinski definition) is 0. The zero-order valence-corrected chi connectivity index (χ0v) is 10.9. The van der Waals surface area contributed by atoms with Crippen molar-refractivity contribution in [2.75, 3.05) is 0 Å². The van der Waals surface area contributed by atoms with Crippen molar-refractivity contribution >= 4 is 0 Å². The Bertz CT molecular complexity index is 206. The second kappa shape index (κ2) is 8.61. The fraction of sp³-hybridized carbons (Fsp3) is 0.688. The lowest BCUT2D eigenvalue weighted by atomic mass is 9.92. The fourth-order valence-electron chi connectivity index (χ4n) is 1.99. The molecular weight excluding hydrogens is 192 g/mol. The molecule has 0 aliphatic heterocycles. The smallest absolute Gasteiger partial charge is 0.0164 e. The van der Waals surface area contributed by atoms with Gasteiger partial charge >= 0.3 is 0 Å². The normalized spacial score (nSPS) is 15.9. The van der Waals surface area contributed by atoms with Crippen molar-refractivity contribution in [3.63, 3.8) is 0 Å². The molecule has 1 aliphatic rings. The van der Waals surface area contributed by atoms with Gasteiger partial charge in [-0.3, -0.25) is 0 Å². The van der Waals surface area contributed by atoms with E-state index in [9.17, 15) is 0 Å². The Morgan fingerprint density at radius 3 is 2.25 bits per heavy atom. The van der Waals surface area contributed by atoms with Gasteiger partial charge < -0.3 is 0 Å². The van der Waals surface area contributed by atoms with Crippen LogP contribution in [-0.2, 0) is 0 Å². The van der Waals surface area contributed by atoms with Crippen molar-refractivity contribution in [3.05, 3.63) is 29.7 Å². The van der Waals surface area contributed by atoms with E-state index in [2.05, 4.69) is 32.4 Å². The number of unbranched alkanes of at least 4 members (excludes halogenated alkanes) is 4. The topological polar surface area (TPSA) is 0 Å². The van der Waals surface area contributed by atoms with Gasteiger partial charge in [-0.25, -0.2) is 0 Å². The Morgan fingerprint density at radius 2 is 1.69 bits per heavy atom. The second-order valence-corrected chi connectivity index (χ2v) is 4.69. The lowest BCUT2D eigenvalue weighted by Crippen LogP contribution is -1.96. The number of hydrogen-bond acceptors (Lipinski definition) is 0. The highest BCUT2D eigenvalue weighted by molar-refractivity contribution is 5.27. The molecule has 1 aliphatic carbocycles. The molecular formula is C16H25. The highest BCUT2D eigenvalue weighted by atomic mass is 14.1. The summed E-state index contributed by atoms with van der Waals surface area (Å²) >= 11 is 0. The van der Waals surface area contributed by atoms with Gasteiger partial charge in [0.2, 0.25) is 0 Å². The first-order valence-electron chi connectivity index (χ1n) is 6.91. The SMILES string of the molecule is CCCCCC1=[C]C=C(CCCCC)[C]C1. The van der Waals surface area contributed by atoms with E-state index in [1.165, 1.54) is 62.5 Å². The lowest BCUT2D eigenvalue weighted by Gasteiger charge is -2.13. The lowest BCUT2D eigenvalue weighted by molar-refractivity contribution is 0.691. The number of rotatable bonds is 8. The molecule has 0 saturated heterocycles. The summed E-state index contributed by atoms with van der Waals surface area (Å²) in [5.41, 5.74) is 2.83. The van der Waals surface area contributed by atoms with Gasteiger partial charge in [0.25, 0.3) is 0 Å². The molecule has 89 valence electrons. The highest BCUT2D eigenvalue weighted by Crippen LogP contribution is 2.24. The van der Waals surface area contributed by atoms with Gasteiger partial charge in [-0.1, -0.05) is 56.8 Å². The summed E-state index contributed by atoms with van der Waals surface area (Å²) in [6.45, 7) is 4.50. The zero-order chi connectivity index (χ0) is 11.6. The predicted molar refractivity (Wildman–Crippen MR) is 71.0 cm³/mol. The van der Waals surface area contributed by atoms with Crippen molar-refractivity contribution in [2.24, 2.45) is 0 Å². The van der Waals surface area contributed by atoms with E-state index < -0.39 is 0 Å². The summed E-state index contributed by atoms with van der Waals surface area (Å²) in [6.07, 6.45) is 20.5. The molecule has 0 unspecified atom stereocenters. The van der Waals surface area contributed by atoms with Crippen LogP contribution in [0.1, 0.15) is 71.6 Å². The van der Waals surface area contributed by atoms with Crippen LogP contribution in [0.4, 0.5) is 0 Å². The molecule has 0 aromatic heterocycles. The van der Waals surface area contributed by atoms with Crippen LogP contribution in [0.3, 0.4) is 0 Å². The van der Waals surface area contributed by atoms with Crippen LogP contribution in [0.2, 0.25) is 0 Å². The monoisotopic (exact) mass is 217 g/mol. The summed E-state index contributed by atoms with van der Waals surface area (Å²) in [4.78, 5) is 0. The molecule has 0 heterocycles. The highest BCUT2D eigenvalue weighted by Gasteiger charge is 2.07. The Kier molecular flexibility index (Phi) is 7.29. The van der Waals surface area contributed by atoms with Gasteiger partial charge in [0.1, 0.15) is 0 Å². The molecule has 0 aromatic rings. The van der Waals surface area contributed by atoms with E-state index in [0.717, 1.165) is 6.42 Å². The van der Waals surface area contributed by atoms with E-state index in [-0.39, 0.29) is 0 Å². The first-order valence-corrected chi connectivity index (χ1v) is 6.91. The Hall–Kier alpha value is -0.520. The summed E-state index contributed by atoms with van der Waals surface area (Å²) in [5, 5.41) is 0. The third-order valence-corrected chi connectivity index (χ3v) is 3.11. The van der Waals surface area contributed by atoms with Crippen LogP contribution in [0.5, 0.6) is 0 Å². The average Bonchev–Trinajstić information content (AvgIpc) is 2.32. The van der Waals surface area contributed by atoms with Crippen LogP contribution in [0.15, 0.2) is 17.2 Å². The first-order chi connectivity index (χ1) is 7.86. The molecule has 3 radical (unpaired) electrons. The minimum Gasteiger partial charge on any atom is -0.0654 e. The standard InChI is InChI=1S/C16H25/c1-3-5-7-9-15-11-13-16(14-12-15)10-8-6-4-2/h11H,3-10,14H2,1-2H3. The molecule has 0 nitrogen and oxygen atoms in total. The van der Waals surface area contributed by atoms with E-state index in [1.807, 2.05) is 0 Å². The molecule has 0 spiro atoms. The second-order valence-electron chi connectivity index (χ2n) is 4.69. The molecule has 0 N–H and O–H groups in total. The molecule has 0 atom stereocenters. The Labute approximate surface area is 102 Å². The van der Waals surface area contributed by atoms with E-state index in [0.29, 0.717) is 0 Å². The molecule has 0 aromatic carbocycles. The summed E-state index contributed by atoms with van der Waals surface area (Å²) in [7, 11) is 0. The van der Waals surface area contributed by atoms with Crippen molar-refractivity contribution < 1.29 is 0 Å². The minimum atomic E-state index is 1.03. The van der Waals surface area contributed by atoms with Crippen molar-refractivity contribution in [1.82, 2.24) is 0 Å². The van der Waals surface area contributed by atoms with Crippen molar-refractivity contribution in [1.29, 1.82) is 0 Å². The predicted octanol–water partition coefficient (Wildman–Crippen LogP) is 5.29. The van der Waals surface area contributed by atoms with Gasteiger partial charge in [0.15, 0.2) is 0 Å². The van der Waals surface area contributed by atoms with E-state index >= 15 is 0 Å². The first kappa shape index (κ1) is 13.5. The quantitative estimate of drug-likeness (QED) is 0.485. The van der Waals surface area contributed by atoms with E-state index in [4.69, 9.17) is 0 Å². The van der Waals surface area contributed by atoms with Gasteiger partial charge in [-0.2, -0.15) is 0 Å². The number of allylic oxidation sites excluding steroid dienone is 4. The molecule has 0 fully saturated rings. The molecule has 0 saturated carbocycles. The molecule has 0 bridgehead atoms. The van der Waals surface area contributed by atoms with Crippen molar-refractivity contribution in [3.8, 4) is 0 Å². The third-order valence-electron chi connectivity index (χ3n) is 3.11. The van der Waals surface area contributed by atoms with Gasteiger partial charge in [0.05, 0.1) is 0 Å². The van der Waals surface area contributed by atoms with Crippen LogP contribution < -0.4 is 0 Å². The maximum absolute atomic E-state index is 3.52. The molecule has 0 amide bonds. The zero-order valence-electron chi connectivity index (χ0n) is 10.9. The fourth-order valence-corrected chi connectivity index (χ4v) is 1.99. The Balaban J connectivity index is 2.21. The van der Waals surface area contributed by atoms with Crippen LogP contribution >= 0.6 is 0 Å². The van der Waals surface area contributed by atoms with Crippen LogP contribution in [-0.4, -0.2) is 0 Å². The van der Waals surface area contributed by atoms with Crippen LogP contribution in [0, 0.1) is 12.5 Å². The minimum absolute atomic E-state index is 1.03. The average molecular weight is 217 g/mol. The van der Waals surface area contributed by atoms with E-state index in [1.54, 1.807) is 0 Å². The largest absolute Gasteiger partial charge is 0.0654 e. The maximum atomic E-state index is 3.52. The Morgan fingerprint density at radius 1 is 1.00 bits per heavy atom. The van der Waals surface area contributed by atoms with Crippen LogP contribution in [0.25, 0.3) is 0 Å².